The summed E-state index contributed by atoms with van der Waals surface area (Å²) in [6.45, 7) is 2.91. The second kappa shape index (κ2) is 7.90. The number of benzene rings is 2. The molecule has 23 heavy (non-hydrogen) atoms. The van der Waals surface area contributed by atoms with Gasteiger partial charge in [-0.25, -0.2) is 0 Å². The predicted molar refractivity (Wildman–Crippen MR) is 94.3 cm³/mol. The zero-order valence-electron chi connectivity index (χ0n) is 13.0. The fourth-order valence-electron chi connectivity index (χ4n) is 2.27. The fourth-order valence-corrected chi connectivity index (χ4v) is 3.23. The minimum atomic E-state index is 0.165. The topological polar surface area (TPSA) is 37.8 Å². The lowest BCUT2D eigenvalue weighted by Crippen LogP contribution is -2.19. The van der Waals surface area contributed by atoms with E-state index < -0.39 is 0 Å². The molecule has 1 heterocycles. The molecule has 0 aliphatic rings. The number of hydrogen-bond donors (Lipinski definition) is 1. The van der Waals surface area contributed by atoms with Crippen molar-refractivity contribution in [3.8, 4) is 0 Å². The van der Waals surface area contributed by atoms with Crippen LogP contribution in [0.5, 0.6) is 0 Å². The molecule has 0 spiro atoms. The zero-order valence-corrected chi connectivity index (χ0v) is 13.8. The van der Waals surface area contributed by atoms with Crippen LogP contribution in [0.3, 0.4) is 0 Å². The van der Waals surface area contributed by atoms with Crippen LogP contribution in [-0.2, 0) is 6.54 Å². The molecule has 3 nitrogen and oxygen atoms in total. The van der Waals surface area contributed by atoms with Gasteiger partial charge < -0.3 is 5.32 Å². The molecule has 0 unspecified atom stereocenters. The summed E-state index contributed by atoms with van der Waals surface area (Å²) in [5, 5.41) is 3.53. The van der Waals surface area contributed by atoms with E-state index in [1.54, 1.807) is 24.2 Å². The van der Waals surface area contributed by atoms with Gasteiger partial charge in [-0.15, -0.1) is 0 Å². The first-order valence-corrected chi connectivity index (χ1v) is 8.44. The van der Waals surface area contributed by atoms with Crippen molar-refractivity contribution in [1.29, 1.82) is 0 Å². The van der Waals surface area contributed by atoms with E-state index in [1.165, 1.54) is 15.4 Å². The van der Waals surface area contributed by atoms with Crippen LogP contribution in [0.2, 0.25) is 0 Å². The molecule has 1 aromatic heterocycles. The highest BCUT2D eigenvalue weighted by Crippen LogP contribution is 2.30. The van der Waals surface area contributed by atoms with E-state index >= 15 is 0 Å². The monoisotopic (exact) mass is 321 g/mol. The molecule has 4 heteroatoms. The average Bonchev–Trinajstić information content (AvgIpc) is 2.62. The summed E-state index contributed by atoms with van der Waals surface area (Å²) < 4.78 is 0. The van der Waals surface area contributed by atoms with Crippen LogP contribution in [0.15, 0.2) is 83.0 Å². The van der Waals surface area contributed by atoms with Gasteiger partial charge in [-0.1, -0.05) is 48.2 Å². The van der Waals surface area contributed by atoms with Gasteiger partial charge in [-0.05, 0) is 30.7 Å². The summed E-state index contributed by atoms with van der Waals surface area (Å²) in [6, 6.07) is 19.1. The summed E-state index contributed by atoms with van der Waals surface area (Å²) >= 11 is 1.79. The molecule has 0 amide bonds. The Bertz CT molecular complexity index is 732. The van der Waals surface area contributed by atoms with Gasteiger partial charge in [0.1, 0.15) is 0 Å². The van der Waals surface area contributed by atoms with Crippen LogP contribution in [0.25, 0.3) is 0 Å². The van der Waals surface area contributed by atoms with Crippen LogP contribution >= 0.6 is 11.8 Å². The molecular formula is C19H19N3S. The van der Waals surface area contributed by atoms with Gasteiger partial charge in [0.05, 0.1) is 5.69 Å². The van der Waals surface area contributed by atoms with Gasteiger partial charge in [0.25, 0.3) is 0 Å². The molecule has 0 fully saturated rings. The minimum absolute atomic E-state index is 0.165. The van der Waals surface area contributed by atoms with E-state index in [-0.39, 0.29) is 6.04 Å². The van der Waals surface area contributed by atoms with Gasteiger partial charge in [0.15, 0.2) is 0 Å². The molecule has 3 aromatic rings. The Morgan fingerprint density at radius 3 is 2.57 bits per heavy atom. The molecule has 0 saturated carbocycles. The number of rotatable bonds is 6. The lowest BCUT2D eigenvalue weighted by Gasteiger charge is -2.15. The first kappa shape index (κ1) is 15.7. The lowest BCUT2D eigenvalue weighted by molar-refractivity contribution is 0.556. The highest BCUT2D eigenvalue weighted by Gasteiger charge is 2.08. The average molecular weight is 321 g/mol. The number of aromatic nitrogens is 2. The molecule has 0 aliphatic carbocycles. The maximum atomic E-state index is 4.35. The highest BCUT2D eigenvalue weighted by molar-refractivity contribution is 7.99. The van der Waals surface area contributed by atoms with Crippen LogP contribution in [0.1, 0.15) is 24.2 Å². The molecule has 116 valence electrons. The standard InChI is InChI=1S/C19H19N3S/c1-15(18-14-20-11-12-21-18)22-13-16-7-5-6-10-19(16)23-17-8-3-2-4-9-17/h2-12,14-15,22H,13H2,1H3/t15-/m0/s1. The van der Waals surface area contributed by atoms with E-state index in [0.717, 1.165) is 12.2 Å². The summed E-state index contributed by atoms with van der Waals surface area (Å²) in [5.74, 6) is 0. The first-order chi connectivity index (χ1) is 11.3. The van der Waals surface area contributed by atoms with Gasteiger partial charge in [0, 0.05) is 41.0 Å². The molecular weight excluding hydrogens is 302 g/mol. The maximum absolute atomic E-state index is 4.35. The molecule has 3 rings (SSSR count). The Morgan fingerprint density at radius 2 is 1.78 bits per heavy atom. The van der Waals surface area contributed by atoms with Crippen molar-refractivity contribution < 1.29 is 0 Å². The number of nitrogens with one attached hydrogen (secondary N) is 1. The van der Waals surface area contributed by atoms with Gasteiger partial charge in [-0.2, -0.15) is 0 Å². The van der Waals surface area contributed by atoms with Crippen molar-refractivity contribution in [2.75, 3.05) is 0 Å². The van der Waals surface area contributed by atoms with Crippen molar-refractivity contribution in [2.45, 2.75) is 29.3 Å². The summed E-state index contributed by atoms with van der Waals surface area (Å²) in [6.07, 6.45) is 5.23. The molecule has 1 N–H and O–H groups in total. The van der Waals surface area contributed by atoms with Crippen LogP contribution in [0, 0.1) is 0 Å². The third kappa shape index (κ3) is 4.41. The summed E-state index contributed by atoms with van der Waals surface area (Å²) in [5.41, 5.74) is 2.25. The maximum Gasteiger partial charge on any atom is 0.0753 e. The summed E-state index contributed by atoms with van der Waals surface area (Å²) in [7, 11) is 0. The van der Waals surface area contributed by atoms with Gasteiger partial charge in [0.2, 0.25) is 0 Å². The van der Waals surface area contributed by atoms with Gasteiger partial charge >= 0.3 is 0 Å². The Balaban J connectivity index is 1.68. The quantitative estimate of drug-likeness (QED) is 0.726. The smallest absolute Gasteiger partial charge is 0.0753 e. The van der Waals surface area contributed by atoms with E-state index in [2.05, 4.69) is 70.7 Å². The molecule has 1 atom stereocenters. The Kier molecular flexibility index (Phi) is 5.40. The largest absolute Gasteiger partial charge is 0.305 e. The van der Waals surface area contributed by atoms with Crippen molar-refractivity contribution in [2.24, 2.45) is 0 Å². The number of nitrogens with zero attached hydrogens (tertiary/aromatic N) is 2. The van der Waals surface area contributed by atoms with Gasteiger partial charge in [-0.3, -0.25) is 9.97 Å². The van der Waals surface area contributed by atoms with Crippen LogP contribution < -0.4 is 5.32 Å². The second-order valence-corrected chi connectivity index (χ2v) is 6.37. The van der Waals surface area contributed by atoms with Crippen LogP contribution in [-0.4, -0.2) is 9.97 Å². The molecule has 2 aromatic carbocycles. The minimum Gasteiger partial charge on any atom is -0.305 e. The summed E-state index contributed by atoms with van der Waals surface area (Å²) in [4.78, 5) is 11.0. The Labute approximate surface area is 141 Å². The normalized spacial score (nSPS) is 12.0. The van der Waals surface area contributed by atoms with E-state index in [0.29, 0.717) is 0 Å². The molecule has 0 aliphatic heterocycles. The Hall–Kier alpha value is -2.17. The van der Waals surface area contributed by atoms with Crippen molar-refractivity contribution in [3.63, 3.8) is 0 Å². The third-order valence-electron chi connectivity index (χ3n) is 3.57. The van der Waals surface area contributed by atoms with Crippen molar-refractivity contribution in [1.82, 2.24) is 15.3 Å². The predicted octanol–water partition coefficient (Wildman–Crippen LogP) is 4.48. The SMILES string of the molecule is C[C@H](NCc1ccccc1Sc1ccccc1)c1cnccn1. The first-order valence-electron chi connectivity index (χ1n) is 7.63. The zero-order chi connectivity index (χ0) is 15.9. The van der Waals surface area contributed by atoms with E-state index in [9.17, 15) is 0 Å². The third-order valence-corrected chi connectivity index (χ3v) is 4.70. The second-order valence-electron chi connectivity index (χ2n) is 5.26. The van der Waals surface area contributed by atoms with Crippen molar-refractivity contribution >= 4 is 11.8 Å². The number of hydrogen-bond acceptors (Lipinski definition) is 4. The molecule has 0 saturated heterocycles. The van der Waals surface area contributed by atoms with E-state index in [1.807, 2.05) is 12.3 Å². The van der Waals surface area contributed by atoms with Crippen molar-refractivity contribution in [3.05, 3.63) is 84.4 Å². The lowest BCUT2D eigenvalue weighted by atomic mass is 10.2. The van der Waals surface area contributed by atoms with Crippen LogP contribution in [0.4, 0.5) is 0 Å². The molecule has 0 bridgehead atoms. The van der Waals surface area contributed by atoms with E-state index in [4.69, 9.17) is 0 Å². The highest BCUT2D eigenvalue weighted by atomic mass is 32.2. The molecule has 0 radical (unpaired) electrons. The fraction of sp³-hybridized carbons (Fsp3) is 0.158. The Morgan fingerprint density at radius 1 is 1.00 bits per heavy atom.